The first-order valence-corrected chi connectivity index (χ1v) is 7.05. The lowest BCUT2D eigenvalue weighted by Gasteiger charge is -2.18. The molecule has 0 amide bonds. The summed E-state index contributed by atoms with van der Waals surface area (Å²) >= 11 is 15.9. The van der Waals surface area contributed by atoms with E-state index in [9.17, 15) is 0 Å². The van der Waals surface area contributed by atoms with Gasteiger partial charge in [-0.25, -0.2) is 0 Å². The van der Waals surface area contributed by atoms with Crippen LogP contribution >= 0.6 is 39.1 Å². The van der Waals surface area contributed by atoms with Crippen molar-refractivity contribution in [2.45, 2.75) is 25.3 Å². The van der Waals surface area contributed by atoms with Crippen LogP contribution in [0.1, 0.15) is 17.7 Å². The number of fused-ring (bicyclic) bond motifs is 3. The van der Waals surface area contributed by atoms with Gasteiger partial charge in [0.25, 0.3) is 0 Å². The lowest BCUT2D eigenvalue weighted by Crippen LogP contribution is -2.27. The average Bonchev–Trinajstić information content (AvgIpc) is 2.65. The summed E-state index contributed by atoms with van der Waals surface area (Å²) in [5.74, 6) is 0. The first-order valence-electron chi connectivity index (χ1n) is 5.50. The van der Waals surface area contributed by atoms with Crippen molar-refractivity contribution in [2.75, 3.05) is 0 Å². The van der Waals surface area contributed by atoms with E-state index in [1.807, 2.05) is 6.07 Å². The van der Waals surface area contributed by atoms with Gasteiger partial charge in [-0.3, -0.25) is 0 Å². The Kier molecular flexibility index (Phi) is 2.90. The number of aromatic nitrogens is 1. The summed E-state index contributed by atoms with van der Waals surface area (Å²) in [7, 11) is 0. The van der Waals surface area contributed by atoms with Gasteiger partial charge in [0.1, 0.15) is 0 Å². The normalized spacial score (nSPS) is 19.6. The second-order valence-electron chi connectivity index (χ2n) is 4.49. The van der Waals surface area contributed by atoms with Crippen LogP contribution in [0.4, 0.5) is 0 Å². The summed E-state index contributed by atoms with van der Waals surface area (Å²) in [6, 6.07) is 2.09. The third kappa shape index (κ3) is 1.80. The molecule has 0 bridgehead atoms. The van der Waals surface area contributed by atoms with E-state index in [0.29, 0.717) is 10.0 Å². The summed E-state index contributed by atoms with van der Waals surface area (Å²) in [4.78, 5) is 3.38. The Balaban J connectivity index is 2.36. The van der Waals surface area contributed by atoms with Crippen LogP contribution in [0.15, 0.2) is 10.5 Å². The standard InChI is InChI=1S/C12H11BrCl2N2/c13-7-4-8(14)11(15)12-10(7)6-3-5(16)1-2-9(6)17-12/h4-5,17H,1-3,16H2. The van der Waals surface area contributed by atoms with Crippen LogP contribution in [-0.4, -0.2) is 11.0 Å². The number of aryl methyl sites for hydroxylation is 1. The van der Waals surface area contributed by atoms with E-state index in [-0.39, 0.29) is 6.04 Å². The number of H-pyrrole nitrogens is 1. The van der Waals surface area contributed by atoms with Gasteiger partial charge in [0.2, 0.25) is 0 Å². The highest BCUT2D eigenvalue weighted by molar-refractivity contribution is 9.10. The van der Waals surface area contributed by atoms with Gasteiger partial charge in [-0.05, 0) is 30.9 Å². The quantitative estimate of drug-likeness (QED) is 0.701. The Morgan fingerprint density at radius 2 is 2.18 bits per heavy atom. The fourth-order valence-electron chi connectivity index (χ4n) is 2.52. The predicted molar refractivity (Wildman–Crippen MR) is 76.0 cm³/mol. The molecule has 0 fully saturated rings. The Morgan fingerprint density at radius 1 is 1.41 bits per heavy atom. The van der Waals surface area contributed by atoms with Crippen molar-refractivity contribution in [2.24, 2.45) is 5.73 Å². The van der Waals surface area contributed by atoms with Crippen LogP contribution < -0.4 is 5.73 Å². The average molecular weight is 334 g/mol. The maximum absolute atomic E-state index is 6.24. The fraction of sp³-hybridized carbons (Fsp3) is 0.333. The topological polar surface area (TPSA) is 41.8 Å². The molecule has 0 spiro atoms. The zero-order valence-electron chi connectivity index (χ0n) is 8.99. The number of benzene rings is 1. The Bertz CT molecular complexity index is 606. The van der Waals surface area contributed by atoms with Gasteiger partial charge in [0, 0.05) is 21.6 Å². The van der Waals surface area contributed by atoms with Gasteiger partial charge in [0.05, 0.1) is 15.6 Å². The van der Waals surface area contributed by atoms with E-state index in [2.05, 4.69) is 20.9 Å². The minimum atomic E-state index is 0.239. The largest absolute Gasteiger partial charge is 0.357 e. The minimum Gasteiger partial charge on any atom is -0.357 e. The Hall–Kier alpha value is -0.220. The molecule has 2 aromatic rings. The van der Waals surface area contributed by atoms with E-state index >= 15 is 0 Å². The van der Waals surface area contributed by atoms with E-state index in [4.69, 9.17) is 28.9 Å². The summed E-state index contributed by atoms with van der Waals surface area (Å²) < 4.78 is 0.980. The molecule has 3 rings (SSSR count). The first kappa shape index (κ1) is 11.8. The molecule has 1 unspecified atom stereocenters. The maximum Gasteiger partial charge on any atom is 0.0834 e. The van der Waals surface area contributed by atoms with Crippen LogP contribution in [0, 0.1) is 0 Å². The molecule has 2 nitrogen and oxygen atoms in total. The van der Waals surface area contributed by atoms with E-state index in [0.717, 1.165) is 34.6 Å². The third-order valence-corrected chi connectivity index (χ3v) is 4.76. The highest BCUT2D eigenvalue weighted by Gasteiger charge is 2.23. The SMILES string of the molecule is NC1CCc2[nH]c3c(Cl)c(Cl)cc(Br)c3c2C1. The molecular weight excluding hydrogens is 323 g/mol. The molecule has 0 saturated carbocycles. The highest BCUT2D eigenvalue weighted by atomic mass is 79.9. The van der Waals surface area contributed by atoms with Gasteiger partial charge < -0.3 is 10.7 Å². The van der Waals surface area contributed by atoms with Crippen molar-refractivity contribution >= 4 is 50.0 Å². The number of rotatable bonds is 0. The lowest BCUT2D eigenvalue weighted by molar-refractivity contribution is 0.574. The fourth-order valence-corrected chi connectivity index (χ4v) is 3.72. The molecule has 0 radical (unpaired) electrons. The number of nitrogens with two attached hydrogens (primary N) is 1. The number of aromatic amines is 1. The molecule has 1 aromatic carbocycles. The van der Waals surface area contributed by atoms with Crippen LogP contribution in [0.2, 0.25) is 10.0 Å². The van der Waals surface area contributed by atoms with Crippen LogP contribution in [0.25, 0.3) is 10.9 Å². The molecular formula is C12H11BrCl2N2. The summed E-state index contributed by atoms with van der Waals surface area (Å²) in [5.41, 5.74) is 9.47. The minimum absolute atomic E-state index is 0.239. The molecule has 3 N–H and O–H groups in total. The van der Waals surface area contributed by atoms with Gasteiger partial charge in [0.15, 0.2) is 0 Å². The van der Waals surface area contributed by atoms with Crippen LogP contribution in [0.3, 0.4) is 0 Å². The van der Waals surface area contributed by atoms with Gasteiger partial charge >= 0.3 is 0 Å². The van der Waals surface area contributed by atoms with E-state index < -0.39 is 0 Å². The van der Waals surface area contributed by atoms with E-state index in [1.165, 1.54) is 11.3 Å². The van der Waals surface area contributed by atoms with Gasteiger partial charge in [-0.15, -0.1) is 0 Å². The number of nitrogens with one attached hydrogen (secondary N) is 1. The van der Waals surface area contributed by atoms with Crippen molar-refractivity contribution in [3.05, 3.63) is 31.8 Å². The highest BCUT2D eigenvalue weighted by Crippen LogP contribution is 2.40. The number of hydrogen-bond acceptors (Lipinski definition) is 1. The molecule has 5 heteroatoms. The summed E-state index contributed by atoms with van der Waals surface area (Å²) in [6.45, 7) is 0. The first-order chi connectivity index (χ1) is 8.08. The summed E-state index contributed by atoms with van der Waals surface area (Å²) in [5, 5.41) is 2.28. The Labute approximate surface area is 118 Å². The zero-order valence-corrected chi connectivity index (χ0v) is 12.1. The molecule has 17 heavy (non-hydrogen) atoms. The monoisotopic (exact) mass is 332 g/mol. The second kappa shape index (κ2) is 4.16. The molecule has 0 aliphatic heterocycles. The molecule has 90 valence electrons. The van der Waals surface area contributed by atoms with Crippen LogP contribution in [-0.2, 0) is 12.8 Å². The third-order valence-electron chi connectivity index (χ3n) is 3.34. The second-order valence-corrected chi connectivity index (χ2v) is 6.13. The van der Waals surface area contributed by atoms with Crippen molar-refractivity contribution in [3.63, 3.8) is 0 Å². The van der Waals surface area contributed by atoms with Crippen molar-refractivity contribution in [3.8, 4) is 0 Å². The molecule has 0 saturated heterocycles. The van der Waals surface area contributed by atoms with Crippen molar-refractivity contribution < 1.29 is 0 Å². The molecule has 1 aliphatic carbocycles. The number of hydrogen-bond donors (Lipinski definition) is 2. The zero-order chi connectivity index (χ0) is 12.2. The van der Waals surface area contributed by atoms with Crippen molar-refractivity contribution in [1.29, 1.82) is 0 Å². The molecule has 1 aromatic heterocycles. The Morgan fingerprint density at radius 3 is 2.94 bits per heavy atom. The number of halogens is 3. The smallest absolute Gasteiger partial charge is 0.0834 e. The van der Waals surface area contributed by atoms with Gasteiger partial charge in [-0.1, -0.05) is 39.1 Å². The van der Waals surface area contributed by atoms with Gasteiger partial charge in [-0.2, -0.15) is 0 Å². The molecule has 1 atom stereocenters. The summed E-state index contributed by atoms with van der Waals surface area (Å²) in [6.07, 6.45) is 2.89. The molecule has 1 heterocycles. The molecule has 1 aliphatic rings. The van der Waals surface area contributed by atoms with Crippen molar-refractivity contribution in [1.82, 2.24) is 4.98 Å². The predicted octanol–water partition coefficient (Wildman–Crippen LogP) is 4.05. The maximum atomic E-state index is 6.24. The lowest BCUT2D eigenvalue weighted by atomic mass is 9.92. The van der Waals surface area contributed by atoms with E-state index in [1.54, 1.807) is 0 Å². The van der Waals surface area contributed by atoms with Crippen LogP contribution in [0.5, 0.6) is 0 Å².